The predicted molar refractivity (Wildman–Crippen MR) is 113 cm³/mol. The largest absolute Gasteiger partial charge is 2.00 e. The summed E-state index contributed by atoms with van der Waals surface area (Å²) in [4.78, 5) is 0. The summed E-state index contributed by atoms with van der Waals surface area (Å²) in [6.45, 7) is 13.2. The number of hydrogen-bond donors (Lipinski definition) is 3. The molecular formula is C21H34N4OW. The summed E-state index contributed by atoms with van der Waals surface area (Å²) in [5, 5.41) is 9.28. The molecule has 0 amide bonds. The van der Waals surface area contributed by atoms with Gasteiger partial charge in [0, 0.05) is 6.54 Å². The Bertz CT molecular complexity index is 690. The third-order valence-corrected chi connectivity index (χ3v) is 3.90. The van der Waals surface area contributed by atoms with E-state index in [1.807, 2.05) is 20.8 Å². The molecule has 2 aromatic carbocycles. The van der Waals surface area contributed by atoms with Crippen LogP contribution in [0.4, 0.5) is 5.69 Å². The number of benzene rings is 2. The van der Waals surface area contributed by atoms with E-state index in [-0.39, 0.29) is 33.4 Å². The van der Waals surface area contributed by atoms with Crippen LogP contribution in [0.25, 0.3) is 11.2 Å². The average Bonchev–Trinajstić information content (AvgIpc) is 2.62. The maximum atomic E-state index is 9.28. The third-order valence-electron chi connectivity index (χ3n) is 3.90. The number of nitrogens with one attached hydrogen (secondary N) is 2. The van der Waals surface area contributed by atoms with E-state index < -0.39 is 0 Å². The van der Waals surface area contributed by atoms with Gasteiger partial charge in [-0.1, -0.05) is 37.6 Å². The molecule has 0 aliphatic heterocycles. The smallest absolute Gasteiger partial charge is 0.674 e. The van der Waals surface area contributed by atoms with Crippen molar-refractivity contribution >= 4 is 5.69 Å². The van der Waals surface area contributed by atoms with E-state index >= 15 is 0 Å². The van der Waals surface area contributed by atoms with E-state index in [2.05, 4.69) is 43.8 Å². The molecule has 0 saturated heterocycles. The molecule has 2 rings (SSSR count). The zero-order valence-electron chi connectivity index (χ0n) is 17.6. The zero-order chi connectivity index (χ0) is 20.3. The van der Waals surface area contributed by atoms with E-state index in [4.69, 9.17) is 11.5 Å². The van der Waals surface area contributed by atoms with Gasteiger partial charge >= 0.3 is 21.1 Å². The number of hydrogen-bond acceptors (Lipinski definition) is 3. The topological polar surface area (TPSA) is 96.2 Å². The van der Waals surface area contributed by atoms with Gasteiger partial charge in [-0.25, -0.2) is 0 Å². The fourth-order valence-corrected chi connectivity index (χ4v) is 2.49. The maximum absolute atomic E-state index is 9.28. The Kier molecular flexibility index (Phi) is 15.1. The van der Waals surface area contributed by atoms with Gasteiger partial charge < -0.3 is 27.4 Å². The molecule has 0 saturated carbocycles. The van der Waals surface area contributed by atoms with Crippen molar-refractivity contribution < 1.29 is 26.2 Å². The van der Waals surface area contributed by atoms with Crippen LogP contribution in [0.2, 0.25) is 0 Å². The van der Waals surface area contributed by atoms with Crippen LogP contribution in [0, 0.1) is 27.7 Å². The van der Waals surface area contributed by atoms with Gasteiger partial charge in [-0.3, -0.25) is 0 Å². The van der Waals surface area contributed by atoms with Crippen LogP contribution in [-0.4, -0.2) is 12.2 Å². The minimum Gasteiger partial charge on any atom is -0.674 e. The van der Waals surface area contributed by atoms with Crippen LogP contribution in [0.5, 0.6) is 5.75 Å². The van der Waals surface area contributed by atoms with Gasteiger partial charge in [0.05, 0.1) is 5.69 Å². The molecule has 0 radical (unpaired) electrons. The second-order valence-corrected chi connectivity index (χ2v) is 5.96. The molecule has 5 N–H and O–H groups in total. The molecule has 6 heteroatoms. The Morgan fingerprint density at radius 3 is 2.04 bits per heavy atom. The van der Waals surface area contributed by atoms with Crippen LogP contribution in [0.15, 0.2) is 24.3 Å². The van der Waals surface area contributed by atoms with Gasteiger partial charge in [0.15, 0.2) is 0 Å². The van der Waals surface area contributed by atoms with Crippen molar-refractivity contribution in [1.29, 1.82) is 0 Å². The Morgan fingerprint density at radius 2 is 1.52 bits per heavy atom. The van der Waals surface area contributed by atoms with Crippen molar-refractivity contribution in [3.8, 4) is 5.75 Å². The van der Waals surface area contributed by atoms with Gasteiger partial charge in [0.2, 0.25) is 0 Å². The summed E-state index contributed by atoms with van der Waals surface area (Å²) in [5.41, 5.74) is 26.7. The number of aromatic hydroxyl groups is 1. The third kappa shape index (κ3) is 9.39. The minimum absolute atomic E-state index is 0. The number of nitrogen functional groups attached to an aromatic ring is 1. The first-order chi connectivity index (χ1) is 12.3. The number of phenolic OH excluding ortho intramolecular Hbond substituents is 1. The molecule has 0 heterocycles. The van der Waals surface area contributed by atoms with Crippen LogP contribution in [-0.2, 0) is 34.2 Å². The van der Waals surface area contributed by atoms with Crippen LogP contribution >= 0.6 is 0 Å². The molecule has 0 bridgehead atoms. The maximum Gasteiger partial charge on any atom is 2.00 e. The predicted octanol–water partition coefficient (Wildman–Crippen LogP) is 5.48. The first kappa shape index (κ1) is 27.8. The molecule has 0 aliphatic carbocycles. The normalized spacial score (nSPS) is 9.33. The molecule has 27 heavy (non-hydrogen) atoms. The fourth-order valence-electron chi connectivity index (χ4n) is 2.49. The first-order valence-corrected chi connectivity index (χ1v) is 8.91. The molecule has 5 nitrogen and oxygen atoms in total. The van der Waals surface area contributed by atoms with Crippen LogP contribution in [0.3, 0.4) is 0 Å². The van der Waals surface area contributed by atoms with Gasteiger partial charge in [0.25, 0.3) is 0 Å². The van der Waals surface area contributed by atoms with Crippen LogP contribution in [0.1, 0.15) is 47.2 Å². The minimum atomic E-state index is 0. The summed E-state index contributed by atoms with van der Waals surface area (Å²) in [6.07, 6.45) is 0. The van der Waals surface area contributed by atoms with Crippen molar-refractivity contribution in [3.05, 3.63) is 68.8 Å². The molecule has 0 spiro atoms. The Morgan fingerprint density at radius 1 is 1.00 bits per heavy atom. The van der Waals surface area contributed by atoms with Crippen molar-refractivity contribution in [2.75, 3.05) is 12.8 Å². The summed E-state index contributed by atoms with van der Waals surface area (Å²) in [6, 6.07) is 7.87. The second-order valence-electron chi connectivity index (χ2n) is 5.96. The Hall–Kier alpha value is -1.39. The number of nitrogens with zero attached hydrogens (tertiary/aromatic N) is 1. The number of rotatable bonds is 4. The molecule has 0 fully saturated rings. The molecule has 0 aliphatic rings. The van der Waals surface area contributed by atoms with Gasteiger partial charge in [-0.05, 0) is 61.6 Å². The van der Waals surface area contributed by atoms with Gasteiger partial charge in [-0.2, -0.15) is 7.05 Å². The van der Waals surface area contributed by atoms with E-state index in [0.29, 0.717) is 11.3 Å². The Balaban J connectivity index is 0. The SMILES string of the molecule is CC.C[N-]NCc1cc(C)cc(C)c1C.Cc1cc(N)c(O)c(C[NH-])c1.[W+2]. The van der Waals surface area contributed by atoms with E-state index in [1.165, 1.54) is 22.3 Å². The first-order valence-electron chi connectivity index (χ1n) is 8.91. The van der Waals surface area contributed by atoms with Crippen molar-refractivity contribution in [3.63, 3.8) is 0 Å². The summed E-state index contributed by atoms with van der Waals surface area (Å²) in [7, 11) is 1.76. The van der Waals surface area contributed by atoms with E-state index in [0.717, 1.165) is 12.1 Å². The quantitative estimate of drug-likeness (QED) is 0.271. The second kappa shape index (κ2) is 14.6. The van der Waals surface area contributed by atoms with Gasteiger partial charge in [-0.15, -0.1) is 6.54 Å². The number of phenols is 1. The average molecular weight is 542 g/mol. The molecule has 0 atom stereocenters. The summed E-state index contributed by atoms with van der Waals surface area (Å²) < 4.78 is 0. The number of nitrogens with two attached hydrogens (primary N) is 1. The number of aryl methyl sites for hydroxylation is 3. The zero-order valence-corrected chi connectivity index (χ0v) is 20.5. The molecule has 2 aromatic rings. The monoisotopic (exact) mass is 542 g/mol. The molecular weight excluding hydrogens is 508 g/mol. The Labute approximate surface area is 179 Å². The van der Waals surface area contributed by atoms with Gasteiger partial charge in [0.1, 0.15) is 5.75 Å². The van der Waals surface area contributed by atoms with Crippen molar-refractivity contribution in [2.24, 2.45) is 0 Å². The van der Waals surface area contributed by atoms with E-state index in [1.54, 1.807) is 19.2 Å². The standard InChI is InChI=1S/C11H17N2.C8H11N2O.C2H6.W/c1-8-5-9(2)10(3)11(6-8)7-13-12-4;1-5-2-6(4-9)8(11)7(10)3-5;1-2;/h5-6,13H,7H2,1-4H3;2-3,9,11H,4,10H2,1H3;1-2H3;/q2*-1;;+2. The van der Waals surface area contributed by atoms with E-state index in [9.17, 15) is 5.11 Å². The number of anilines is 1. The molecule has 150 valence electrons. The van der Waals surface area contributed by atoms with Crippen LogP contribution < -0.4 is 11.2 Å². The molecule has 0 unspecified atom stereocenters. The fraction of sp³-hybridized carbons (Fsp3) is 0.429. The summed E-state index contributed by atoms with van der Waals surface area (Å²) in [5.74, 6) is 0.0469. The van der Waals surface area contributed by atoms with Crippen molar-refractivity contribution in [2.45, 2.75) is 54.6 Å². The summed E-state index contributed by atoms with van der Waals surface area (Å²) >= 11 is 0. The molecule has 0 aromatic heterocycles. The van der Waals surface area contributed by atoms with Crippen molar-refractivity contribution in [1.82, 2.24) is 5.43 Å².